The Kier molecular flexibility index (Phi) is 6.66. The topological polar surface area (TPSA) is 75.7 Å². The van der Waals surface area contributed by atoms with E-state index in [1.54, 1.807) is 23.9 Å². The van der Waals surface area contributed by atoms with Crippen molar-refractivity contribution in [1.29, 1.82) is 0 Å². The summed E-state index contributed by atoms with van der Waals surface area (Å²) in [6.45, 7) is 2.85. The average molecular weight is 350 g/mol. The maximum absolute atomic E-state index is 12.4. The zero-order chi connectivity index (χ0) is 17.5. The Labute approximate surface area is 145 Å². The Hall–Kier alpha value is -2.02. The van der Waals surface area contributed by atoms with Crippen LogP contribution in [0.4, 0.5) is 5.69 Å². The molecule has 0 bridgehead atoms. The van der Waals surface area contributed by atoms with Crippen LogP contribution in [0, 0.1) is 0 Å². The lowest BCUT2D eigenvalue weighted by molar-refractivity contribution is -0.137. The number of nitrogens with one attached hydrogen (secondary N) is 1. The molecule has 0 aromatic heterocycles. The normalized spacial score (nSPS) is 16.8. The first-order valence-corrected chi connectivity index (χ1v) is 8.85. The molecule has 1 atom stereocenters. The van der Waals surface area contributed by atoms with Crippen LogP contribution in [0.3, 0.4) is 0 Å². The van der Waals surface area contributed by atoms with Gasteiger partial charge in [-0.1, -0.05) is 12.1 Å². The number of ether oxygens (including phenoxy) is 1. The molecule has 6 nitrogen and oxygen atoms in total. The summed E-state index contributed by atoms with van der Waals surface area (Å²) in [7, 11) is 1.38. The molecule has 0 aliphatic carbocycles. The zero-order valence-corrected chi connectivity index (χ0v) is 14.7. The molecular formula is C17H22N2O4S. The van der Waals surface area contributed by atoms with Gasteiger partial charge in [0.15, 0.2) is 0 Å². The van der Waals surface area contributed by atoms with E-state index in [4.69, 9.17) is 0 Å². The molecule has 1 aliphatic heterocycles. The van der Waals surface area contributed by atoms with E-state index in [-0.39, 0.29) is 23.0 Å². The van der Waals surface area contributed by atoms with E-state index in [0.29, 0.717) is 18.7 Å². The van der Waals surface area contributed by atoms with Gasteiger partial charge >= 0.3 is 5.97 Å². The van der Waals surface area contributed by atoms with Crippen molar-refractivity contribution in [3.8, 4) is 0 Å². The molecule has 1 saturated heterocycles. The van der Waals surface area contributed by atoms with Crippen LogP contribution in [-0.4, -0.2) is 53.9 Å². The number of carbonyl (C=O) groups is 3. The first-order valence-electron chi connectivity index (χ1n) is 7.80. The Morgan fingerprint density at radius 2 is 2.00 bits per heavy atom. The number of nitrogens with zero attached hydrogens (tertiary/aromatic N) is 1. The third-order valence-corrected chi connectivity index (χ3v) is 5.05. The van der Waals surface area contributed by atoms with Crippen LogP contribution in [0.1, 0.15) is 18.9 Å². The third kappa shape index (κ3) is 5.56. The lowest BCUT2D eigenvalue weighted by atomic mass is 10.1. The fraction of sp³-hybridized carbons (Fsp3) is 0.471. The van der Waals surface area contributed by atoms with Gasteiger partial charge in [-0.15, -0.1) is 11.8 Å². The molecule has 24 heavy (non-hydrogen) atoms. The molecule has 1 aromatic rings. The van der Waals surface area contributed by atoms with Gasteiger partial charge in [0.05, 0.1) is 19.3 Å². The summed E-state index contributed by atoms with van der Waals surface area (Å²) >= 11 is 1.54. The van der Waals surface area contributed by atoms with Crippen molar-refractivity contribution in [3.63, 3.8) is 0 Å². The van der Waals surface area contributed by atoms with Crippen LogP contribution in [0.15, 0.2) is 24.3 Å². The number of benzene rings is 1. The van der Waals surface area contributed by atoms with Gasteiger partial charge in [0, 0.05) is 31.0 Å². The summed E-state index contributed by atoms with van der Waals surface area (Å²) in [5, 5.41) is 2.99. The van der Waals surface area contributed by atoms with Crippen molar-refractivity contribution < 1.29 is 19.1 Å². The van der Waals surface area contributed by atoms with Gasteiger partial charge in [0.2, 0.25) is 11.8 Å². The van der Waals surface area contributed by atoms with Crippen LogP contribution in [0.5, 0.6) is 0 Å². The lowest BCUT2D eigenvalue weighted by Crippen LogP contribution is -2.30. The Morgan fingerprint density at radius 3 is 2.62 bits per heavy atom. The third-order valence-electron chi connectivity index (χ3n) is 3.79. The van der Waals surface area contributed by atoms with Gasteiger partial charge in [0.25, 0.3) is 0 Å². The van der Waals surface area contributed by atoms with Crippen LogP contribution in [0.2, 0.25) is 0 Å². The van der Waals surface area contributed by atoms with Crippen molar-refractivity contribution in [2.75, 3.05) is 31.3 Å². The number of esters is 1. The number of thioether (sulfide) groups is 1. The number of amides is 2. The number of hydrogen-bond acceptors (Lipinski definition) is 5. The van der Waals surface area contributed by atoms with E-state index in [1.165, 1.54) is 14.0 Å². The molecule has 2 rings (SSSR count). The van der Waals surface area contributed by atoms with Crippen molar-refractivity contribution in [2.45, 2.75) is 25.0 Å². The van der Waals surface area contributed by atoms with E-state index < -0.39 is 0 Å². The molecule has 130 valence electrons. The summed E-state index contributed by atoms with van der Waals surface area (Å²) < 4.78 is 4.63. The van der Waals surface area contributed by atoms with Crippen LogP contribution >= 0.6 is 11.8 Å². The molecule has 0 saturated carbocycles. The first-order chi connectivity index (χ1) is 11.5. The predicted molar refractivity (Wildman–Crippen MR) is 93.9 cm³/mol. The number of methoxy groups -OCH3 is 1. The summed E-state index contributed by atoms with van der Waals surface area (Å²) in [6.07, 6.45) is 1.24. The molecule has 7 heteroatoms. The molecule has 1 aliphatic rings. The van der Waals surface area contributed by atoms with E-state index >= 15 is 0 Å². The second kappa shape index (κ2) is 8.73. The molecule has 0 unspecified atom stereocenters. The van der Waals surface area contributed by atoms with Crippen LogP contribution in [0.25, 0.3) is 0 Å². The molecule has 1 aromatic carbocycles. The number of likely N-dealkylation sites (tertiary alicyclic amines) is 1. The summed E-state index contributed by atoms with van der Waals surface area (Å²) in [5.41, 5.74) is 1.64. The van der Waals surface area contributed by atoms with Gasteiger partial charge in [-0.05, 0) is 24.1 Å². The van der Waals surface area contributed by atoms with E-state index in [0.717, 1.165) is 24.2 Å². The quantitative estimate of drug-likeness (QED) is 0.790. The fourth-order valence-electron chi connectivity index (χ4n) is 2.53. The average Bonchev–Trinajstić information content (AvgIpc) is 3.03. The second-order valence-electron chi connectivity index (χ2n) is 5.69. The molecular weight excluding hydrogens is 328 g/mol. The zero-order valence-electron chi connectivity index (χ0n) is 13.9. The maximum atomic E-state index is 12.4. The molecule has 1 heterocycles. The van der Waals surface area contributed by atoms with Crippen molar-refractivity contribution >= 4 is 35.2 Å². The summed E-state index contributed by atoms with van der Waals surface area (Å²) in [6, 6.07) is 7.29. The lowest BCUT2D eigenvalue weighted by Gasteiger charge is -2.16. The monoisotopic (exact) mass is 350 g/mol. The Bertz CT molecular complexity index is 603. The van der Waals surface area contributed by atoms with Crippen LogP contribution < -0.4 is 5.32 Å². The molecule has 2 amide bonds. The predicted octanol–water partition coefficient (Wildman–Crippen LogP) is 1.69. The van der Waals surface area contributed by atoms with Gasteiger partial charge in [-0.25, -0.2) is 0 Å². The SMILES string of the molecule is COC(=O)CS[C@@H]1CCN(C(=O)Cc2ccc(NC(C)=O)cc2)C1. The summed E-state index contributed by atoms with van der Waals surface area (Å²) in [5.74, 6) is 0.0623. The van der Waals surface area contributed by atoms with Crippen molar-refractivity contribution in [3.05, 3.63) is 29.8 Å². The van der Waals surface area contributed by atoms with Gasteiger partial charge < -0.3 is 15.0 Å². The largest absolute Gasteiger partial charge is 0.468 e. The molecule has 0 radical (unpaired) electrons. The summed E-state index contributed by atoms with van der Waals surface area (Å²) in [4.78, 5) is 36.4. The highest BCUT2D eigenvalue weighted by molar-refractivity contribution is 8.00. The number of carbonyl (C=O) groups excluding carboxylic acids is 3. The number of rotatable bonds is 6. The smallest absolute Gasteiger partial charge is 0.315 e. The van der Waals surface area contributed by atoms with Gasteiger partial charge in [-0.2, -0.15) is 0 Å². The minimum absolute atomic E-state index is 0.0865. The van der Waals surface area contributed by atoms with E-state index in [1.807, 2.05) is 17.0 Å². The highest BCUT2D eigenvalue weighted by Crippen LogP contribution is 2.23. The first kappa shape index (κ1) is 18.3. The van der Waals surface area contributed by atoms with Gasteiger partial charge in [-0.3, -0.25) is 14.4 Å². The highest BCUT2D eigenvalue weighted by Gasteiger charge is 2.27. The molecule has 0 spiro atoms. The van der Waals surface area contributed by atoms with Crippen LogP contribution in [-0.2, 0) is 25.5 Å². The Balaban J connectivity index is 1.80. The number of anilines is 1. The fourth-order valence-corrected chi connectivity index (χ4v) is 3.58. The van der Waals surface area contributed by atoms with Crippen molar-refractivity contribution in [1.82, 2.24) is 4.90 Å². The number of hydrogen-bond donors (Lipinski definition) is 1. The standard InChI is InChI=1S/C17H22N2O4S/c1-12(20)18-14-5-3-13(4-6-14)9-16(21)19-8-7-15(10-19)24-11-17(22)23-2/h3-6,15H,7-11H2,1-2H3,(H,18,20)/t15-/m1/s1. The van der Waals surface area contributed by atoms with Crippen molar-refractivity contribution in [2.24, 2.45) is 0 Å². The highest BCUT2D eigenvalue weighted by atomic mass is 32.2. The molecule has 1 fully saturated rings. The van der Waals surface area contributed by atoms with E-state index in [9.17, 15) is 14.4 Å². The van der Waals surface area contributed by atoms with Gasteiger partial charge in [0.1, 0.15) is 0 Å². The molecule has 1 N–H and O–H groups in total. The Morgan fingerprint density at radius 1 is 1.29 bits per heavy atom. The maximum Gasteiger partial charge on any atom is 0.315 e. The minimum Gasteiger partial charge on any atom is -0.468 e. The minimum atomic E-state index is -0.232. The van der Waals surface area contributed by atoms with E-state index in [2.05, 4.69) is 10.1 Å². The second-order valence-corrected chi connectivity index (χ2v) is 6.98.